The van der Waals surface area contributed by atoms with Crippen molar-refractivity contribution in [1.29, 1.82) is 0 Å². The molecule has 4 aliphatic rings. The topological polar surface area (TPSA) is 38.7 Å². The van der Waals surface area contributed by atoms with E-state index in [4.69, 9.17) is 8.85 Å². The fraction of sp³-hybridized carbons (Fsp3) is 0.846. The summed E-state index contributed by atoms with van der Waals surface area (Å²) in [5, 5.41) is 11.2. The minimum Gasteiger partial charge on any atom is -0.413 e. The first-order valence-corrected chi connectivity index (χ1v) is 25.2. The Morgan fingerprint density at radius 1 is 1.00 bits per heavy atom. The number of aliphatic hydroxyl groups is 1. The van der Waals surface area contributed by atoms with E-state index in [0.717, 1.165) is 43.1 Å². The zero-order chi connectivity index (χ0) is 33.5. The van der Waals surface area contributed by atoms with E-state index < -0.39 is 22.2 Å². The summed E-state index contributed by atoms with van der Waals surface area (Å²) in [6.07, 6.45) is 17.4. The molecule has 0 aromatic rings. The van der Waals surface area contributed by atoms with Crippen LogP contribution < -0.4 is 0 Å². The number of fused-ring (bicyclic) bond motifs is 5. The summed E-state index contributed by atoms with van der Waals surface area (Å²) in [5.41, 5.74) is 5.12. The van der Waals surface area contributed by atoms with Crippen molar-refractivity contribution in [1.82, 2.24) is 0 Å². The summed E-state index contributed by atoms with van der Waals surface area (Å²) in [4.78, 5) is 0. The van der Waals surface area contributed by atoms with E-state index in [9.17, 15) is 5.11 Å². The van der Waals surface area contributed by atoms with Gasteiger partial charge in [-0.25, -0.2) is 0 Å². The van der Waals surface area contributed by atoms with E-state index >= 15 is 0 Å². The smallest absolute Gasteiger partial charge is 0.192 e. The average molecular weight is 675 g/mol. The lowest BCUT2D eigenvalue weighted by molar-refractivity contribution is -0.00449. The lowest BCUT2D eigenvalue weighted by Crippen LogP contribution is -2.56. The molecule has 0 aliphatic heterocycles. The monoisotopic (exact) mass is 674 g/mol. The summed E-state index contributed by atoms with van der Waals surface area (Å²) in [6.45, 7) is 28.8. The van der Waals surface area contributed by atoms with Gasteiger partial charge in [0.25, 0.3) is 0 Å². The normalized spacial score (nSPS) is 33.4. The number of aliphatic hydroxyl groups excluding tert-OH is 1. The van der Waals surface area contributed by atoms with E-state index in [1.165, 1.54) is 32.1 Å². The first-order chi connectivity index (χ1) is 21.0. The highest BCUT2D eigenvalue weighted by atomic mass is 32.2. The van der Waals surface area contributed by atoms with Gasteiger partial charge < -0.3 is 14.0 Å². The molecule has 4 rings (SSSR count). The molecule has 0 radical (unpaired) electrons. The third-order valence-electron chi connectivity index (χ3n) is 13.9. The van der Waals surface area contributed by atoms with Crippen LogP contribution in [0.1, 0.15) is 121 Å². The molecule has 0 bridgehead atoms. The van der Waals surface area contributed by atoms with Gasteiger partial charge in [-0.2, -0.15) is 11.8 Å². The first-order valence-electron chi connectivity index (χ1n) is 18.7. The van der Waals surface area contributed by atoms with Gasteiger partial charge in [0, 0.05) is 10.7 Å². The Kier molecular flexibility index (Phi) is 11.7. The minimum atomic E-state index is -1.97. The Morgan fingerprint density at radius 3 is 2.24 bits per heavy atom. The van der Waals surface area contributed by atoms with Gasteiger partial charge in [0.2, 0.25) is 0 Å². The van der Waals surface area contributed by atoms with Crippen molar-refractivity contribution in [2.45, 2.75) is 174 Å². The summed E-state index contributed by atoms with van der Waals surface area (Å²) in [7, 11) is -3.74. The first kappa shape index (κ1) is 37.7. The van der Waals surface area contributed by atoms with Crippen molar-refractivity contribution < 1.29 is 14.0 Å². The quantitative estimate of drug-likeness (QED) is 0.113. The molecule has 0 amide bonds. The molecule has 3 unspecified atom stereocenters. The third kappa shape index (κ3) is 7.13. The molecule has 0 saturated heterocycles. The second kappa shape index (κ2) is 14.0. The lowest BCUT2D eigenvalue weighted by Gasteiger charge is -2.58. The highest BCUT2D eigenvalue weighted by Gasteiger charge is 2.58. The Bertz CT molecular complexity index is 1130. The van der Waals surface area contributed by atoms with Gasteiger partial charge in [0.05, 0.1) is 18.3 Å². The molecule has 7 atom stereocenters. The van der Waals surface area contributed by atoms with Gasteiger partial charge in [-0.3, -0.25) is 0 Å². The van der Waals surface area contributed by atoms with Crippen LogP contribution in [0.15, 0.2) is 34.9 Å². The van der Waals surface area contributed by atoms with Gasteiger partial charge in [-0.05, 0) is 118 Å². The Balaban J connectivity index is 1.53. The maximum Gasteiger partial charge on any atom is 0.192 e. The van der Waals surface area contributed by atoms with E-state index in [1.54, 1.807) is 16.7 Å². The highest BCUT2D eigenvalue weighted by molar-refractivity contribution is 7.99. The molecule has 0 aromatic heterocycles. The maximum absolute atomic E-state index is 10.4. The van der Waals surface area contributed by atoms with Gasteiger partial charge in [0.15, 0.2) is 16.6 Å². The van der Waals surface area contributed by atoms with Crippen LogP contribution in [0.3, 0.4) is 0 Å². The molecule has 2 saturated carbocycles. The average Bonchev–Trinajstić information content (AvgIpc) is 3.34. The van der Waals surface area contributed by atoms with Crippen molar-refractivity contribution in [3.8, 4) is 0 Å². The summed E-state index contributed by atoms with van der Waals surface area (Å²) in [6, 6.07) is 3.38. The minimum absolute atomic E-state index is 0.0880. The molecule has 45 heavy (non-hydrogen) atoms. The molecule has 4 aliphatic carbocycles. The van der Waals surface area contributed by atoms with Crippen LogP contribution in [0.2, 0.25) is 36.3 Å². The molecule has 0 spiro atoms. The van der Waals surface area contributed by atoms with Crippen LogP contribution in [0.25, 0.3) is 0 Å². The molecular weight excluding hydrogens is 605 g/mol. The Morgan fingerprint density at radius 2 is 1.67 bits per heavy atom. The number of thioether (sulfide) groups is 1. The SMILES string of the molecule is CCC1=CC[C@H]2C3=CC=C4CC(SCCCC(C)(CO)O[Si](CC)(CC)CC)CC(O[Si](C)(C)C(C)(C)C)[C@]4(C)[C@H]3CC[C@]12C. The number of hydrogen-bond acceptors (Lipinski definition) is 4. The van der Waals surface area contributed by atoms with Crippen molar-refractivity contribution in [2.24, 2.45) is 22.7 Å². The predicted octanol–water partition coefficient (Wildman–Crippen LogP) is 11.5. The van der Waals surface area contributed by atoms with Crippen molar-refractivity contribution in [3.63, 3.8) is 0 Å². The van der Waals surface area contributed by atoms with Crippen molar-refractivity contribution >= 4 is 28.4 Å². The molecule has 6 heteroatoms. The second-order valence-electron chi connectivity index (χ2n) is 17.4. The van der Waals surface area contributed by atoms with Crippen LogP contribution >= 0.6 is 11.8 Å². The van der Waals surface area contributed by atoms with E-state index in [-0.39, 0.29) is 23.2 Å². The molecule has 0 aromatic carbocycles. The number of rotatable bonds is 14. The van der Waals surface area contributed by atoms with Crippen LogP contribution in [-0.2, 0) is 8.85 Å². The number of hydrogen-bond donors (Lipinski definition) is 1. The second-order valence-corrected chi connectivity index (χ2v) is 28.2. The van der Waals surface area contributed by atoms with Crippen molar-refractivity contribution in [3.05, 3.63) is 34.9 Å². The van der Waals surface area contributed by atoms with Gasteiger partial charge in [-0.15, -0.1) is 0 Å². The molecule has 3 nitrogen and oxygen atoms in total. The summed E-state index contributed by atoms with van der Waals surface area (Å²) >= 11 is 2.16. The fourth-order valence-corrected chi connectivity index (χ4v) is 15.2. The van der Waals surface area contributed by atoms with Crippen LogP contribution in [0, 0.1) is 22.7 Å². The highest BCUT2D eigenvalue weighted by Crippen LogP contribution is 2.65. The largest absolute Gasteiger partial charge is 0.413 e. The van der Waals surface area contributed by atoms with Gasteiger partial charge >= 0.3 is 0 Å². The maximum atomic E-state index is 10.4. The fourth-order valence-electron chi connectivity index (χ4n) is 9.41. The number of allylic oxidation sites excluding steroid dienone is 5. The Hall–Kier alpha value is -0.116. The zero-order valence-corrected chi connectivity index (χ0v) is 34.2. The molecule has 2 fully saturated rings. The lowest BCUT2D eigenvalue weighted by atomic mass is 9.50. The Labute approximate surface area is 285 Å². The third-order valence-corrected chi connectivity index (χ3v) is 24.5. The zero-order valence-electron chi connectivity index (χ0n) is 31.4. The summed E-state index contributed by atoms with van der Waals surface area (Å²) < 4.78 is 14.4. The predicted molar refractivity (Wildman–Crippen MR) is 202 cm³/mol. The molecule has 1 N–H and O–H groups in total. The summed E-state index contributed by atoms with van der Waals surface area (Å²) in [5.74, 6) is 2.39. The van der Waals surface area contributed by atoms with Crippen LogP contribution in [-0.4, -0.2) is 51.1 Å². The molecule has 258 valence electrons. The van der Waals surface area contributed by atoms with E-state index in [0.29, 0.717) is 22.5 Å². The standard InChI is InChI=1S/C39H70O3SSi2/c1-13-29-19-21-33-32-20-18-30-26-31(43-25-17-23-37(8,28-40)42-45(14-2,15-3)16-4)27-35(41-44(11,12)36(5,6)7)39(30,10)34(32)22-24-38(29,33)9/h18-20,31,33-35,40H,13-17,21-28H2,1-12H3/t31?,33-,34-,35?,37?,38+,39-/m0/s1. The van der Waals surface area contributed by atoms with E-state index in [1.807, 2.05) is 0 Å². The van der Waals surface area contributed by atoms with Gasteiger partial charge in [0.1, 0.15) is 0 Å². The van der Waals surface area contributed by atoms with Crippen molar-refractivity contribution in [2.75, 3.05) is 12.4 Å². The molecule has 0 heterocycles. The molecular formula is C39H70O3SSi2. The van der Waals surface area contributed by atoms with Crippen LogP contribution in [0.5, 0.6) is 0 Å². The van der Waals surface area contributed by atoms with E-state index in [2.05, 4.69) is 112 Å². The van der Waals surface area contributed by atoms with Crippen LogP contribution in [0.4, 0.5) is 0 Å². The van der Waals surface area contributed by atoms with Gasteiger partial charge in [-0.1, -0.05) is 97.3 Å².